The number of aromatic nitrogens is 1. The van der Waals surface area contributed by atoms with Gasteiger partial charge in [-0.3, -0.25) is 4.79 Å². The SMILES string of the molecule is O=C(Nc1cc(F)c(F)c(F)c1)c1cc(F)cnc1Cl. The number of carbonyl (C=O) groups is 1. The molecule has 2 rings (SSSR count). The molecule has 104 valence electrons. The van der Waals surface area contributed by atoms with Gasteiger partial charge in [-0.05, 0) is 6.07 Å². The van der Waals surface area contributed by atoms with Gasteiger partial charge in [0.1, 0.15) is 11.0 Å². The molecule has 1 amide bonds. The summed E-state index contributed by atoms with van der Waals surface area (Å²) in [6, 6.07) is 1.97. The van der Waals surface area contributed by atoms with Crippen molar-refractivity contribution in [2.75, 3.05) is 5.32 Å². The number of hydrogen-bond acceptors (Lipinski definition) is 2. The zero-order valence-corrected chi connectivity index (χ0v) is 10.3. The highest BCUT2D eigenvalue weighted by atomic mass is 35.5. The summed E-state index contributed by atoms with van der Waals surface area (Å²) in [7, 11) is 0. The third kappa shape index (κ3) is 2.88. The topological polar surface area (TPSA) is 42.0 Å². The van der Waals surface area contributed by atoms with Crippen LogP contribution < -0.4 is 5.32 Å². The number of hydrogen-bond donors (Lipinski definition) is 1. The van der Waals surface area contributed by atoms with E-state index >= 15 is 0 Å². The highest BCUT2D eigenvalue weighted by Gasteiger charge is 2.16. The van der Waals surface area contributed by atoms with Gasteiger partial charge in [0, 0.05) is 17.8 Å². The fourth-order valence-corrected chi connectivity index (χ4v) is 1.60. The lowest BCUT2D eigenvalue weighted by molar-refractivity contribution is 0.102. The lowest BCUT2D eigenvalue weighted by Gasteiger charge is -2.07. The van der Waals surface area contributed by atoms with Crippen molar-refractivity contribution in [3.8, 4) is 0 Å². The summed E-state index contributed by atoms with van der Waals surface area (Å²) >= 11 is 5.60. The van der Waals surface area contributed by atoms with Crippen molar-refractivity contribution >= 4 is 23.2 Å². The van der Waals surface area contributed by atoms with E-state index < -0.39 is 29.2 Å². The van der Waals surface area contributed by atoms with E-state index in [1.165, 1.54) is 0 Å². The number of halogens is 5. The van der Waals surface area contributed by atoms with Crippen LogP contribution in [-0.2, 0) is 0 Å². The summed E-state index contributed by atoms with van der Waals surface area (Å²) in [6.45, 7) is 0. The third-order valence-electron chi connectivity index (χ3n) is 2.29. The van der Waals surface area contributed by atoms with E-state index in [0.29, 0.717) is 12.1 Å². The van der Waals surface area contributed by atoms with E-state index in [9.17, 15) is 22.4 Å². The highest BCUT2D eigenvalue weighted by molar-refractivity contribution is 6.33. The van der Waals surface area contributed by atoms with Crippen molar-refractivity contribution in [2.24, 2.45) is 0 Å². The summed E-state index contributed by atoms with van der Waals surface area (Å²) in [5.41, 5.74) is -0.663. The second kappa shape index (κ2) is 5.46. The number of benzene rings is 1. The van der Waals surface area contributed by atoms with Gasteiger partial charge in [0.25, 0.3) is 5.91 Å². The molecule has 0 aliphatic carbocycles. The van der Waals surface area contributed by atoms with Crippen LogP contribution in [0.4, 0.5) is 23.2 Å². The van der Waals surface area contributed by atoms with Gasteiger partial charge in [-0.2, -0.15) is 0 Å². The van der Waals surface area contributed by atoms with Crippen molar-refractivity contribution in [1.29, 1.82) is 0 Å². The summed E-state index contributed by atoms with van der Waals surface area (Å²) in [5, 5.41) is 1.77. The molecule has 1 aromatic heterocycles. The van der Waals surface area contributed by atoms with Crippen LogP contribution in [0.2, 0.25) is 5.15 Å². The van der Waals surface area contributed by atoms with Crippen LogP contribution in [0.15, 0.2) is 24.4 Å². The number of nitrogens with zero attached hydrogens (tertiary/aromatic N) is 1. The smallest absolute Gasteiger partial charge is 0.258 e. The Morgan fingerprint density at radius 1 is 1.10 bits per heavy atom. The fraction of sp³-hybridized carbons (Fsp3) is 0. The molecule has 0 radical (unpaired) electrons. The van der Waals surface area contributed by atoms with Crippen molar-refractivity contribution in [1.82, 2.24) is 4.98 Å². The highest BCUT2D eigenvalue weighted by Crippen LogP contribution is 2.20. The predicted molar refractivity (Wildman–Crippen MR) is 63.5 cm³/mol. The quantitative estimate of drug-likeness (QED) is 0.524. The Labute approximate surface area is 115 Å². The van der Waals surface area contributed by atoms with Gasteiger partial charge in [0.05, 0.1) is 11.8 Å². The second-order valence-corrected chi connectivity index (χ2v) is 4.06. The molecule has 3 nitrogen and oxygen atoms in total. The lowest BCUT2D eigenvalue weighted by Crippen LogP contribution is -2.14. The molecule has 0 atom stereocenters. The number of nitrogens with one attached hydrogen (secondary N) is 1. The Bertz CT molecular complexity index is 670. The van der Waals surface area contributed by atoms with E-state index in [4.69, 9.17) is 11.6 Å². The Kier molecular flexibility index (Phi) is 3.89. The Balaban J connectivity index is 2.30. The fourth-order valence-electron chi connectivity index (χ4n) is 1.41. The molecule has 1 N–H and O–H groups in total. The molecule has 0 saturated heterocycles. The Hall–Kier alpha value is -2.15. The van der Waals surface area contributed by atoms with Crippen molar-refractivity contribution in [3.63, 3.8) is 0 Å². The monoisotopic (exact) mass is 304 g/mol. The molecule has 0 unspecified atom stereocenters. The number of anilines is 1. The molecule has 0 fully saturated rings. The maximum Gasteiger partial charge on any atom is 0.258 e. The van der Waals surface area contributed by atoms with Crippen LogP contribution in [0.1, 0.15) is 10.4 Å². The van der Waals surface area contributed by atoms with E-state index in [-0.39, 0.29) is 16.4 Å². The molecule has 20 heavy (non-hydrogen) atoms. The first-order chi connectivity index (χ1) is 9.38. The predicted octanol–water partition coefficient (Wildman–Crippen LogP) is 3.54. The molecule has 0 saturated carbocycles. The number of carbonyl (C=O) groups excluding carboxylic acids is 1. The summed E-state index contributed by atoms with van der Waals surface area (Å²) in [5.74, 6) is -6.34. The van der Waals surface area contributed by atoms with Crippen molar-refractivity contribution in [2.45, 2.75) is 0 Å². The number of rotatable bonds is 2. The minimum atomic E-state index is -1.66. The van der Waals surface area contributed by atoms with Crippen LogP contribution in [0.3, 0.4) is 0 Å². The molecule has 0 aliphatic rings. The van der Waals surface area contributed by atoms with E-state index in [1.54, 1.807) is 0 Å². The zero-order valence-electron chi connectivity index (χ0n) is 9.55. The molecule has 1 heterocycles. The van der Waals surface area contributed by atoms with Crippen molar-refractivity contribution in [3.05, 3.63) is 58.4 Å². The van der Waals surface area contributed by atoms with E-state index in [0.717, 1.165) is 12.3 Å². The van der Waals surface area contributed by atoms with Crippen LogP contribution >= 0.6 is 11.6 Å². The molecule has 2 aromatic rings. The molecule has 8 heteroatoms. The first-order valence-corrected chi connectivity index (χ1v) is 5.53. The molecule has 1 aromatic carbocycles. The average molecular weight is 305 g/mol. The number of amides is 1. The lowest BCUT2D eigenvalue weighted by atomic mass is 10.2. The van der Waals surface area contributed by atoms with E-state index in [1.807, 2.05) is 0 Å². The molecule has 0 aliphatic heterocycles. The minimum absolute atomic E-state index is 0.285. The summed E-state index contributed by atoms with van der Waals surface area (Å²) < 4.78 is 51.6. The normalized spacial score (nSPS) is 10.4. The average Bonchev–Trinajstić information content (AvgIpc) is 2.38. The minimum Gasteiger partial charge on any atom is -0.322 e. The van der Waals surface area contributed by atoms with Gasteiger partial charge < -0.3 is 5.32 Å². The van der Waals surface area contributed by atoms with Crippen LogP contribution in [0, 0.1) is 23.3 Å². The Morgan fingerprint density at radius 2 is 1.70 bits per heavy atom. The third-order valence-corrected chi connectivity index (χ3v) is 2.59. The summed E-state index contributed by atoms with van der Waals surface area (Å²) in [6.07, 6.45) is 0.802. The van der Waals surface area contributed by atoms with Gasteiger partial charge in [0.2, 0.25) is 0 Å². The molecular weight excluding hydrogens is 300 g/mol. The van der Waals surface area contributed by atoms with Gasteiger partial charge in [-0.1, -0.05) is 11.6 Å². The summed E-state index contributed by atoms with van der Waals surface area (Å²) in [4.78, 5) is 15.2. The van der Waals surface area contributed by atoms with Crippen LogP contribution in [0.5, 0.6) is 0 Å². The van der Waals surface area contributed by atoms with Gasteiger partial charge >= 0.3 is 0 Å². The molecule has 0 spiro atoms. The molecule has 0 bridgehead atoms. The molecular formula is C12H5ClF4N2O. The van der Waals surface area contributed by atoms with Crippen LogP contribution in [0.25, 0.3) is 0 Å². The standard InChI is InChI=1S/C12H5ClF4N2O/c13-11-7(1-5(14)4-18-11)12(20)19-6-2-8(15)10(17)9(16)3-6/h1-4H,(H,19,20). The first-order valence-electron chi connectivity index (χ1n) is 5.15. The van der Waals surface area contributed by atoms with Gasteiger partial charge in [0.15, 0.2) is 17.5 Å². The maximum atomic E-state index is 13.0. The Morgan fingerprint density at radius 3 is 2.30 bits per heavy atom. The second-order valence-electron chi connectivity index (χ2n) is 3.70. The maximum absolute atomic E-state index is 13.0. The zero-order chi connectivity index (χ0) is 14.9. The van der Waals surface area contributed by atoms with E-state index in [2.05, 4.69) is 10.3 Å². The first kappa shape index (κ1) is 14.3. The van der Waals surface area contributed by atoms with Gasteiger partial charge in [-0.25, -0.2) is 22.5 Å². The number of pyridine rings is 1. The largest absolute Gasteiger partial charge is 0.322 e. The van der Waals surface area contributed by atoms with Crippen LogP contribution in [-0.4, -0.2) is 10.9 Å². The van der Waals surface area contributed by atoms with Gasteiger partial charge in [-0.15, -0.1) is 0 Å². The van der Waals surface area contributed by atoms with Crippen molar-refractivity contribution < 1.29 is 22.4 Å².